The molecule has 0 unspecified atom stereocenters. The van der Waals surface area contributed by atoms with Crippen molar-refractivity contribution in [3.8, 4) is 0 Å². The summed E-state index contributed by atoms with van der Waals surface area (Å²) in [6.07, 6.45) is 0.550. The van der Waals surface area contributed by atoms with Gasteiger partial charge < -0.3 is 4.74 Å². The fraction of sp³-hybridized carbons (Fsp3) is 0.375. The minimum Gasteiger partial charge on any atom is -0.455 e. The molecule has 0 bridgehead atoms. The number of amides is 1. The van der Waals surface area contributed by atoms with Gasteiger partial charge in [0.15, 0.2) is 0 Å². The van der Waals surface area contributed by atoms with E-state index in [1.807, 2.05) is 88.4 Å². The summed E-state index contributed by atoms with van der Waals surface area (Å²) >= 11 is 0. The van der Waals surface area contributed by atoms with Crippen molar-refractivity contribution in [1.29, 1.82) is 0 Å². The van der Waals surface area contributed by atoms with Gasteiger partial charge in [0.2, 0.25) is 5.91 Å². The molecule has 1 aliphatic heterocycles. The van der Waals surface area contributed by atoms with Crippen LogP contribution in [0.5, 0.6) is 0 Å². The molecule has 2 aromatic rings. The molecular formula is C24H28N2O3. The van der Waals surface area contributed by atoms with E-state index in [-0.39, 0.29) is 17.7 Å². The molecule has 0 radical (unpaired) electrons. The SMILES string of the molecule is C[C@H]1C(C(=O)OC(C)(C)C)=NN(Cc2ccccc2)C(=O)[C@@H]1Cc1ccccc1. The summed E-state index contributed by atoms with van der Waals surface area (Å²) in [6, 6.07) is 19.5. The molecule has 0 saturated heterocycles. The molecule has 0 fully saturated rings. The average molecular weight is 392 g/mol. The highest BCUT2D eigenvalue weighted by Crippen LogP contribution is 2.28. The number of carbonyl (C=O) groups excluding carboxylic acids is 2. The molecule has 5 nitrogen and oxygen atoms in total. The lowest BCUT2D eigenvalue weighted by molar-refractivity contribution is -0.147. The van der Waals surface area contributed by atoms with E-state index < -0.39 is 11.6 Å². The number of nitrogens with zero attached hydrogens (tertiary/aromatic N) is 2. The zero-order valence-electron chi connectivity index (χ0n) is 17.5. The maximum absolute atomic E-state index is 13.3. The van der Waals surface area contributed by atoms with E-state index in [9.17, 15) is 9.59 Å². The van der Waals surface area contributed by atoms with Gasteiger partial charge in [0, 0.05) is 5.92 Å². The van der Waals surface area contributed by atoms with Crippen LogP contribution >= 0.6 is 0 Å². The van der Waals surface area contributed by atoms with Gasteiger partial charge in [-0.2, -0.15) is 5.10 Å². The van der Waals surface area contributed by atoms with Gasteiger partial charge in [0.25, 0.3) is 0 Å². The molecule has 1 aliphatic rings. The summed E-state index contributed by atoms with van der Waals surface area (Å²) in [5.74, 6) is -1.24. The summed E-state index contributed by atoms with van der Waals surface area (Å²) < 4.78 is 5.57. The van der Waals surface area contributed by atoms with Crippen molar-refractivity contribution in [2.24, 2.45) is 16.9 Å². The second-order valence-electron chi connectivity index (χ2n) is 8.45. The first-order valence-electron chi connectivity index (χ1n) is 9.95. The Hall–Kier alpha value is -2.95. The van der Waals surface area contributed by atoms with Crippen molar-refractivity contribution in [3.63, 3.8) is 0 Å². The molecule has 1 amide bonds. The number of rotatable bonds is 5. The molecule has 1 heterocycles. The first kappa shape index (κ1) is 20.8. The number of esters is 1. The Balaban J connectivity index is 1.92. The van der Waals surface area contributed by atoms with Gasteiger partial charge in [-0.25, -0.2) is 9.80 Å². The van der Waals surface area contributed by atoms with Crippen LogP contribution in [0.3, 0.4) is 0 Å². The summed E-state index contributed by atoms with van der Waals surface area (Å²) in [6.45, 7) is 7.69. The molecule has 5 heteroatoms. The van der Waals surface area contributed by atoms with Crippen LogP contribution in [0.15, 0.2) is 65.8 Å². The van der Waals surface area contributed by atoms with Crippen LogP contribution in [-0.4, -0.2) is 28.2 Å². The predicted octanol–water partition coefficient (Wildman–Crippen LogP) is 4.22. The van der Waals surface area contributed by atoms with E-state index in [2.05, 4.69) is 5.10 Å². The quantitative estimate of drug-likeness (QED) is 0.716. The van der Waals surface area contributed by atoms with Gasteiger partial charge in [0.1, 0.15) is 11.3 Å². The monoisotopic (exact) mass is 392 g/mol. The van der Waals surface area contributed by atoms with E-state index >= 15 is 0 Å². The molecule has 0 spiro atoms. The Morgan fingerprint density at radius 2 is 1.55 bits per heavy atom. The van der Waals surface area contributed by atoms with Gasteiger partial charge in [0.05, 0.1) is 12.5 Å². The molecular weight excluding hydrogens is 364 g/mol. The molecule has 152 valence electrons. The van der Waals surface area contributed by atoms with E-state index in [0.29, 0.717) is 18.7 Å². The number of ether oxygens (including phenoxy) is 1. The largest absolute Gasteiger partial charge is 0.455 e. The van der Waals surface area contributed by atoms with Crippen LogP contribution < -0.4 is 0 Å². The first-order valence-corrected chi connectivity index (χ1v) is 9.95. The van der Waals surface area contributed by atoms with Crippen LogP contribution in [0.2, 0.25) is 0 Å². The molecule has 0 N–H and O–H groups in total. The van der Waals surface area contributed by atoms with E-state index in [1.54, 1.807) is 0 Å². The van der Waals surface area contributed by atoms with E-state index in [1.165, 1.54) is 5.01 Å². The molecule has 2 aromatic carbocycles. The Labute approximate surface area is 172 Å². The Morgan fingerprint density at radius 1 is 1.00 bits per heavy atom. The fourth-order valence-electron chi connectivity index (χ4n) is 3.43. The highest BCUT2D eigenvalue weighted by molar-refractivity contribution is 6.38. The highest BCUT2D eigenvalue weighted by Gasteiger charge is 2.41. The van der Waals surface area contributed by atoms with Crippen LogP contribution in [0.4, 0.5) is 0 Å². The van der Waals surface area contributed by atoms with Gasteiger partial charge in [-0.15, -0.1) is 0 Å². The number of hydrazone groups is 1. The maximum atomic E-state index is 13.3. The lowest BCUT2D eigenvalue weighted by Gasteiger charge is -2.34. The predicted molar refractivity (Wildman–Crippen MR) is 113 cm³/mol. The highest BCUT2D eigenvalue weighted by atomic mass is 16.6. The molecule has 0 aromatic heterocycles. The Morgan fingerprint density at radius 3 is 2.10 bits per heavy atom. The number of hydrogen-bond donors (Lipinski definition) is 0. The lowest BCUT2D eigenvalue weighted by Crippen LogP contribution is -2.47. The van der Waals surface area contributed by atoms with E-state index in [0.717, 1.165) is 11.1 Å². The minimum atomic E-state index is -0.625. The zero-order valence-corrected chi connectivity index (χ0v) is 17.5. The van der Waals surface area contributed by atoms with Crippen molar-refractivity contribution in [2.45, 2.75) is 46.3 Å². The smallest absolute Gasteiger partial charge is 0.355 e. The second-order valence-corrected chi connectivity index (χ2v) is 8.45. The Bertz CT molecular complexity index is 885. The average Bonchev–Trinajstić information content (AvgIpc) is 2.67. The number of carbonyl (C=O) groups is 2. The fourth-order valence-corrected chi connectivity index (χ4v) is 3.43. The third-order valence-corrected chi connectivity index (χ3v) is 4.92. The second kappa shape index (κ2) is 8.60. The third kappa shape index (κ3) is 5.31. The molecule has 0 saturated carbocycles. The van der Waals surface area contributed by atoms with Crippen molar-refractivity contribution in [1.82, 2.24) is 5.01 Å². The summed E-state index contributed by atoms with van der Waals surface area (Å²) in [4.78, 5) is 26.1. The van der Waals surface area contributed by atoms with Gasteiger partial charge in [-0.05, 0) is 38.3 Å². The standard InChI is InChI=1S/C24H28N2O3/c1-17-20(15-18-11-7-5-8-12-18)22(27)26(16-19-13-9-6-10-14-19)25-21(17)23(28)29-24(2,3)4/h5-14,17,20H,15-16H2,1-4H3/t17-,20-/m1/s1. The Kier molecular flexibility index (Phi) is 6.16. The normalized spacial score (nSPS) is 19.7. The van der Waals surface area contributed by atoms with Gasteiger partial charge >= 0.3 is 5.97 Å². The summed E-state index contributed by atoms with van der Waals surface area (Å²) in [5.41, 5.74) is 1.69. The van der Waals surface area contributed by atoms with Crippen molar-refractivity contribution >= 4 is 17.6 Å². The van der Waals surface area contributed by atoms with Crippen LogP contribution in [0.1, 0.15) is 38.8 Å². The first-order chi connectivity index (χ1) is 13.7. The van der Waals surface area contributed by atoms with E-state index in [4.69, 9.17) is 4.74 Å². The van der Waals surface area contributed by atoms with Crippen molar-refractivity contribution in [3.05, 3.63) is 71.8 Å². The summed E-state index contributed by atoms with van der Waals surface area (Å²) in [5, 5.41) is 5.86. The van der Waals surface area contributed by atoms with Crippen molar-refractivity contribution in [2.75, 3.05) is 0 Å². The molecule has 3 rings (SSSR count). The number of hydrogen-bond acceptors (Lipinski definition) is 4. The lowest BCUT2D eigenvalue weighted by atomic mass is 9.82. The topological polar surface area (TPSA) is 59.0 Å². The summed E-state index contributed by atoms with van der Waals surface area (Å²) in [7, 11) is 0. The minimum absolute atomic E-state index is 0.0717. The molecule has 0 aliphatic carbocycles. The zero-order chi connectivity index (χ0) is 21.0. The number of benzene rings is 2. The third-order valence-electron chi connectivity index (χ3n) is 4.92. The van der Waals surface area contributed by atoms with Crippen LogP contribution in [0, 0.1) is 11.8 Å². The maximum Gasteiger partial charge on any atom is 0.355 e. The van der Waals surface area contributed by atoms with Gasteiger partial charge in [-0.1, -0.05) is 67.6 Å². The van der Waals surface area contributed by atoms with Gasteiger partial charge in [-0.3, -0.25) is 4.79 Å². The molecule has 29 heavy (non-hydrogen) atoms. The molecule has 2 atom stereocenters. The van der Waals surface area contributed by atoms with Crippen molar-refractivity contribution < 1.29 is 14.3 Å². The van der Waals surface area contributed by atoms with Crippen LogP contribution in [-0.2, 0) is 27.3 Å². The van der Waals surface area contributed by atoms with Crippen LogP contribution in [0.25, 0.3) is 0 Å².